The monoisotopic (exact) mass is 306 g/mol. The van der Waals surface area contributed by atoms with Crippen molar-refractivity contribution in [1.29, 1.82) is 0 Å². The fourth-order valence-corrected chi connectivity index (χ4v) is 2.56. The van der Waals surface area contributed by atoms with Gasteiger partial charge in [-0.1, -0.05) is 6.07 Å². The molecule has 1 aromatic heterocycles. The second kappa shape index (κ2) is 5.12. The van der Waals surface area contributed by atoms with Crippen LogP contribution in [0.25, 0.3) is 0 Å². The molecular weight excluding hydrogens is 290 g/mol. The number of methoxy groups -OCH3 is 1. The molecule has 2 heterocycles. The largest absolute Gasteiger partial charge is 0.496 e. The summed E-state index contributed by atoms with van der Waals surface area (Å²) in [6.45, 7) is 3.17. The Labute approximate surface area is 127 Å². The minimum absolute atomic E-state index is 0.106. The zero-order valence-corrected chi connectivity index (χ0v) is 12.5. The maximum absolute atomic E-state index is 13.7. The Morgan fingerprint density at radius 3 is 2.77 bits per heavy atom. The number of nitrogens with zero attached hydrogens (tertiary/aromatic N) is 1. The fourth-order valence-electron chi connectivity index (χ4n) is 2.56. The number of alkyl halides is 2. The number of nitrogens with one attached hydrogen (secondary N) is 1. The molecule has 2 aromatic rings. The zero-order valence-electron chi connectivity index (χ0n) is 12.5. The normalized spacial score (nSPS) is 15.1. The lowest BCUT2D eigenvalue weighted by atomic mass is 10.1. The molecule has 22 heavy (non-hydrogen) atoms. The van der Waals surface area contributed by atoms with E-state index in [9.17, 15) is 8.78 Å². The number of ether oxygens (including phenoxy) is 2. The summed E-state index contributed by atoms with van der Waals surface area (Å²) in [6, 6.07) is 5.40. The van der Waals surface area contributed by atoms with Crippen LogP contribution in [0.15, 0.2) is 24.4 Å². The molecule has 3 rings (SSSR count). The number of benzene rings is 1. The molecule has 1 aliphatic rings. The molecule has 0 radical (unpaired) electrons. The van der Waals surface area contributed by atoms with Gasteiger partial charge in [0.25, 0.3) is 0 Å². The molecule has 0 amide bonds. The van der Waals surface area contributed by atoms with E-state index in [-0.39, 0.29) is 11.4 Å². The van der Waals surface area contributed by atoms with E-state index in [1.165, 1.54) is 6.20 Å². The predicted molar refractivity (Wildman–Crippen MR) is 79.4 cm³/mol. The molecule has 1 aliphatic heterocycles. The van der Waals surface area contributed by atoms with Gasteiger partial charge in [0.1, 0.15) is 5.75 Å². The van der Waals surface area contributed by atoms with E-state index < -0.39 is 12.5 Å². The molecule has 0 atom stereocenters. The molecule has 4 nitrogen and oxygen atoms in total. The van der Waals surface area contributed by atoms with E-state index in [2.05, 4.69) is 10.3 Å². The van der Waals surface area contributed by atoms with Crippen molar-refractivity contribution in [3.63, 3.8) is 0 Å². The molecule has 0 bridgehead atoms. The Morgan fingerprint density at radius 2 is 2.05 bits per heavy atom. The first-order valence-corrected chi connectivity index (χ1v) is 6.85. The number of anilines is 2. The van der Waals surface area contributed by atoms with Crippen LogP contribution < -0.4 is 14.8 Å². The van der Waals surface area contributed by atoms with E-state index in [0.717, 1.165) is 22.6 Å². The van der Waals surface area contributed by atoms with Crippen LogP contribution in [0.4, 0.5) is 20.2 Å². The van der Waals surface area contributed by atoms with Crippen molar-refractivity contribution in [1.82, 2.24) is 4.98 Å². The lowest BCUT2D eigenvalue weighted by Crippen LogP contribution is -2.15. The highest BCUT2D eigenvalue weighted by atomic mass is 19.3. The molecule has 6 heteroatoms. The first kappa shape index (κ1) is 14.6. The number of pyridine rings is 1. The second-order valence-corrected chi connectivity index (χ2v) is 5.24. The Morgan fingerprint density at radius 1 is 1.27 bits per heavy atom. The summed E-state index contributed by atoms with van der Waals surface area (Å²) in [4.78, 5) is 3.75. The van der Waals surface area contributed by atoms with Crippen LogP contribution in [0.3, 0.4) is 0 Å². The first-order chi connectivity index (χ1) is 10.4. The van der Waals surface area contributed by atoms with Gasteiger partial charge < -0.3 is 14.8 Å². The molecular formula is C16H16F2N2O2. The quantitative estimate of drug-likeness (QED) is 0.933. The van der Waals surface area contributed by atoms with Crippen LogP contribution in [0.2, 0.25) is 0 Å². The van der Waals surface area contributed by atoms with E-state index in [0.29, 0.717) is 5.69 Å². The van der Waals surface area contributed by atoms with E-state index >= 15 is 0 Å². The lowest BCUT2D eigenvalue weighted by Gasteiger charge is -2.17. The molecule has 0 aliphatic carbocycles. The van der Waals surface area contributed by atoms with Gasteiger partial charge in [0, 0.05) is 17.4 Å². The number of aromatic nitrogens is 1. The number of rotatable bonds is 3. The third-order valence-electron chi connectivity index (χ3n) is 3.75. The highest BCUT2D eigenvalue weighted by Gasteiger charge is 2.44. The number of aryl methyl sites for hydroxylation is 1. The molecule has 1 aromatic carbocycles. The van der Waals surface area contributed by atoms with Crippen LogP contribution in [-0.2, 0) is 5.92 Å². The highest BCUT2D eigenvalue weighted by Crippen LogP contribution is 2.45. The molecule has 1 N–H and O–H groups in total. The Balaban J connectivity index is 2.05. The summed E-state index contributed by atoms with van der Waals surface area (Å²) in [6.07, 6.45) is 1.36. The van der Waals surface area contributed by atoms with Crippen molar-refractivity contribution in [2.75, 3.05) is 19.0 Å². The van der Waals surface area contributed by atoms with Gasteiger partial charge in [-0.3, -0.25) is 4.98 Å². The van der Waals surface area contributed by atoms with Crippen LogP contribution in [-0.4, -0.2) is 18.7 Å². The Hall–Kier alpha value is -2.37. The summed E-state index contributed by atoms with van der Waals surface area (Å²) >= 11 is 0. The van der Waals surface area contributed by atoms with Gasteiger partial charge in [-0.15, -0.1) is 0 Å². The maximum Gasteiger partial charge on any atom is 0.326 e. The first-order valence-electron chi connectivity index (χ1n) is 6.85. The fraction of sp³-hybridized carbons (Fsp3) is 0.312. The van der Waals surface area contributed by atoms with E-state index in [1.54, 1.807) is 13.2 Å². The van der Waals surface area contributed by atoms with E-state index in [1.807, 2.05) is 26.0 Å². The summed E-state index contributed by atoms with van der Waals surface area (Å²) in [5.41, 5.74) is 2.84. The summed E-state index contributed by atoms with van der Waals surface area (Å²) in [5, 5.41) is 3.18. The summed E-state index contributed by atoms with van der Waals surface area (Å²) in [5.74, 6) is -2.22. The molecule has 0 unspecified atom stereocenters. The molecule has 0 saturated heterocycles. The molecule has 0 spiro atoms. The minimum atomic E-state index is -3.05. The van der Waals surface area contributed by atoms with Gasteiger partial charge in [-0.2, -0.15) is 8.78 Å². The topological polar surface area (TPSA) is 43.4 Å². The predicted octanol–water partition coefficient (Wildman–Crippen LogP) is 3.93. The molecule has 116 valence electrons. The SMILES string of the molecule is COc1ccc(C)c(Nc2ccnc3c2OCC3(F)F)c1C. The van der Waals surface area contributed by atoms with Gasteiger partial charge >= 0.3 is 5.92 Å². The van der Waals surface area contributed by atoms with Gasteiger partial charge in [0.15, 0.2) is 18.1 Å². The summed E-state index contributed by atoms with van der Waals surface area (Å²) in [7, 11) is 1.59. The Kier molecular flexibility index (Phi) is 3.39. The van der Waals surface area contributed by atoms with Gasteiger partial charge in [0.2, 0.25) is 0 Å². The van der Waals surface area contributed by atoms with Crippen LogP contribution in [0, 0.1) is 13.8 Å². The molecule has 0 fully saturated rings. The second-order valence-electron chi connectivity index (χ2n) is 5.24. The number of fused-ring (bicyclic) bond motifs is 1. The van der Waals surface area contributed by atoms with Crippen molar-refractivity contribution in [2.45, 2.75) is 19.8 Å². The standard InChI is InChI=1S/C16H16F2N2O2/c1-9-4-5-12(21-3)10(2)13(9)20-11-6-7-19-15-14(11)22-8-16(15,17)18/h4-7H,8H2,1-3H3,(H,19,20). The van der Waals surface area contributed by atoms with Crippen molar-refractivity contribution in [2.24, 2.45) is 0 Å². The van der Waals surface area contributed by atoms with Crippen molar-refractivity contribution >= 4 is 11.4 Å². The minimum Gasteiger partial charge on any atom is -0.496 e. The van der Waals surface area contributed by atoms with E-state index in [4.69, 9.17) is 9.47 Å². The zero-order chi connectivity index (χ0) is 15.9. The number of hydrogen-bond acceptors (Lipinski definition) is 4. The van der Waals surface area contributed by atoms with Gasteiger partial charge in [-0.05, 0) is 31.5 Å². The van der Waals surface area contributed by atoms with Gasteiger partial charge in [-0.25, -0.2) is 0 Å². The number of hydrogen-bond donors (Lipinski definition) is 1. The average Bonchev–Trinajstić information content (AvgIpc) is 2.80. The van der Waals surface area contributed by atoms with Crippen LogP contribution >= 0.6 is 0 Å². The highest BCUT2D eigenvalue weighted by molar-refractivity contribution is 5.74. The summed E-state index contributed by atoms with van der Waals surface area (Å²) < 4.78 is 37.8. The third-order valence-corrected chi connectivity index (χ3v) is 3.75. The van der Waals surface area contributed by atoms with Crippen molar-refractivity contribution < 1.29 is 18.3 Å². The van der Waals surface area contributed by atoms with Crippen LogP contribution in [0.5, 0.6) is 11.5 Å². The van der Waals surface area contributed by atoms with Crippen molar-refractivity contribution in [3.8, 4) is 11.5 Å². The van der Waals surface area contributed by atoms with Crippen molar-refractivity contribution in [3.05, 3.63) is 41.2 Å². The molecule has 0 saturated carbocycles. The van der Waals surface area contributed by atoms with Crippen LogP contribution in [0.1, 0.15) is 16.8 Å². The third kappa shape index (κ3) is 2.24. The lowest BCUT2D eigenvalue weighted by molar-refractivity contribution is -0.0244. The number of halogens is 2. The maximum atomic E-state index is 13.7. The van der Waals surface area contributed by atoms with Gasteiger partial charge in [0.05, 0.1) is 12.8 Å². The average molecular weight is 306 g/mol. The smallest absolute Gasteiger partial charge is 0.326 e. The Bertz CT molecular complexity index is 732.